The lowest BCUT2D eigenvalue weighted by Crippen LogP contribution is -2.36. The molecule has 0 atom stereocenters. The van der Waals surface area contributed by atoms with Crippen molar-refractivity contribution in [2.75, 3.05) is 13.2 Å². The van der Waals surface area contributed by atoms with E-state index in [0.29, 0.717) is 24.3 Å². The fraction of sp³-hybridized carbons (Fsp3) is 0.227. The standard InChI is InChI=1S/C22H18N2O5/c25-21(26)20-17-9-10-24(11-19(17)29-23-20)22(27)28-12-18-15-7-3-1-5-13(15)14-6-2-4-8-16(14)18/h1-8,18H,9-12H2,(H,25,26). The van der Waals surface area contributed by atoms with Crippen molar-refractivity contribution >= 4 is 12.1 Å². The summed E-state index contributed by atoms with van der Waals surface area (Å²) < 4.78 is 10.8. The van der Waals surface area contributed by atoms with Gasteiger partial charge in [-0.05, 0) is 28.7 Å². The number of carbonyl (C=O) groups is 2. The van der Waals surface area contributed by atoms with Crippen LogP contribution in [0.4, 0.5) is 4.79 Å². The second-order valence-electron chi connectivity index (χ2n) is 7.21. The smallest absolute Gasteiger partial charge is 0.410 e. The zero-order chi connectivity index (χ0) is 20.0. The van der Waals surface area contributed by atoms with Crippen molar-refractivity contribution in [2.45, 2.75) is 18.9 Å². The van der Waals surface area contributed by atoms with Crippen molar-refractivity contribution in [2.24, 2.45) is 0 Å². The van der Waals surface area contributed by atoms with Crippen LogP contribution in [0.25, 0.3) is 11.1 Å². The average Bonchev–Trinajstić information content (AvgIpc) is 3.31. The molecule has 0 saturated carbocycles. The van der Waals surface area contributed by atoms with Crippen molar-refractivity contribution in [3.63, 3.8) is 0 Å². The highest BCUT2D eigenvalue weighted by molar-refractivity contribution is 5.87. The number of amides is 1. The lowest BCUT2D eigenvalue weighted by Gasteiger charge is -2.25. The maximum atomic E-state index is 12.7. The normalized spacial score (nSPS) is 14.8. The fourth-order valence-electron chi connectivity index (χ4n) is 4.23. The number of aromatic nitrogens is 1. The molecule has 29 heavy (non-hydrogen) atoms. The Morgan fingerprint density at radius 3 is 2.41 bits per heavy atom. The van der Waals surface area contributed by atoms with E-state index in [1.54, 1.807) is 0 Å². The summed E-state index contributed by atoms with van der Waals surface area (Å²) in [4.78, 5) is 25.3. The number of hydrogen-bond acceptors (Lipinski definition) is 5. The Balaban J connectivity index is 1.31. The van der Waals surface area contributed by atoms with Gasteiger partial charge in [-0.1, -0.05) is 53.7 Å². The molecule has 0 bridgehead atoms. The molecule has 1 N–H and O–H groups in total. The lowest BCUT2D eigenvalue weighted by molar-refractivity contribution is 0.0684. The Labute approximate surface area is 166 Å². The van der Waals surface area contributed by atoms with Crippen molar-refractivity contribution < 1.29 is 24.0 Å². The van der Waals surface area contributed by atoms with Gasteiger partial charge in [0.2, 0.25) is 0 Å². The number of ether oxygens (including phenoxy) is 1. The second-order valence-corrected chi connectivity index (χ2v) is 7.21. The molecular weight excluding hydrogens is 372 g/mol. The number of nitrogens with zero attached hydrogens (tertiary/aromatic N) is 2. The average molecular weight is 390 g/mol. The molecule has 7 heteroatoms. The third kappa shape index (κ3) is 2.86. The molecule has 0 radical (unpaired) electrons. The largest absolute Gasteiger partial charge is 0.476 e. The van der Waals surface area contributed by atoms with Gasteiger partial charge in [0.15, 0.2) is 11.5 Å². The number of hydrogen-bond donors (Lipinski definition) is 1. The van der Waals surface area contributed by atoms with Gasteiger partial charge in [0.1, 0.15) is 6.61 Å². The lowest BCUT2D eigenvalue weighted by atomic mass is 9.98. The van der Waals surface area contributed by atoms with E-state index in [1.807, 2.05) is 24.3 Å². The van der Waals surface area contributed by atoms with Gasteiger partial charge in [0, 0.05) is 18.0 Å². The molecule has 2 aliphatic rings. The molecule has 5 rings (SSSR count). The Kier molecular flexibility index (Phi) is 4.08. The van der Waals surface area contributed by atoms with Gasteiger partial charge in [0.05, 0.1) is 6.54 Å². The number of carboxylic acids is 1. The highest BCUT2D eigenvalue weighted by atomic mass is 16.6. The summed E-state index contributed by atoms with van der Waals surface area (Å²) in [6.45, 7) is 0.768. The van der Waals surface area contributed by atoms with E-state index in [-0.39, 0.29) is 24.8 Å². The van der Waals surface area contributed by atoms with Crippen molar-refractivity contribution in [1.82, 2.24) is 10.1 Å². The zero-order valence-electron chi connectivity index (χ0n) is 15.5. The van der Waals surface area contributed by atoms with E-state index >= 15 is 0 Å². The third-order valence-electron chi connectivity index (χ3n) is 5.63. The third-order valence-corrected chi connectivity index (χ3v) is 5.63. The van der Waals surface area contributed by atoms with Crippen LogP contribution in [0.2, 0.25) is 0 Å². The molecule has 1 amide bonds. The molecule has 3 aromatic rings. The first-order valence-electron chi connectivity index (χ1n) is 9.44. The Morgan fingerprint density at radius 1 is 1.10 bits per heavy atom. The SMILES string of the molecule is O=C(O)c1noc2c1CCN(C(=O)OCC1c3ccccc3-c3ccccc31)C2. The van der Waals surface area contributed by atoms with Gasteiger partial charge >= 0.3 is 12.1 Å². The van der Waals surface area contributed by atoms with Gasteiger partial charge in [-0.25, -0.2) is 9.59 Å². The van der Waals surface area contributed by atoms with Crippen LogP contribution >= 0.6 is 0 Å². The van der Waals surface area contributed by atoms with Crippen LogP contribution in [0.1, 0.15) is 38.9 Å². The van der Waals surface area contributed by atoms with Crippen LogP contribution in [0.15, 0.2) is 53.1 Å². The summed E-state index contributed by atoms with van der Waals surface area (Å²) in [5, 5.41) is 12.7. The number of carboxylic acid groups (broad SMARTS) is 1. The van der Waals surface area contributed by atoms with E-state index in [2.05, 4.69) is 29.4 Å². The predicted octanol–water partition coefficient (Wildman–Crippen LogP) is 3.68. The summed E-state index contributed by atoms with van der Waals surface area (Å²) >= 11 is 0. The van der Waals surface area contributed by atoms with Gasteiger partial charge in [-0.3, -0.25) is 0 Å². The maximum Gasteiger partial charge on any atom is 0.410 e. The van der Waals surface area contributed by atoms with Crippen molar-refractivity contribution in [3.8, 4) is 11.1 Å². The minimum absolute atomic E-state index is 0.00408. The van der Waals surface area contributed by atoms with Crippen molar-refractivity contribution in [3.05, 3.63) is 76.7 Å². The Bertz CT molecular complexity index is 1070. The number of carbonyl (C=O) groups excluding carboxylic acids is 1. The molecule has 7 nitrogen and oxygen atoms in total. The predicted molar refractivity (Wildman–Crippen MR) is 103 cm³/mol. The van der Waals surface area contributed by atoms with Crippen LogP contribution in [0.3, 0.4) is 0 Å². The van der Waals surface area contributed by atoms with E-state index < -0.39 is 12.1 Å². The molecule has 0 spiro atoms. The van der Waals surface area contributed by atoms with Gasteiger partial charge in [-0.2, -0.15) is 0 Å². The molecule has 146 valence electrons. The second kappa shape index (κ2) is 6.77. The van der Waals surface area contributed by atoms with E-state index in [0.717, 1.165) is 11.1 Å². The number of aromatic carboxylic acids is 1. The molecule has 0 saturated heterocycles. The van der Waals surface area contributed by atoms with Crippen LogP contribution in [-0.2, 0) is 17.7 Å². The highest BCUT2D eigenvalue weighted by Gasteiger charge is 2.32. The van der Waals surface area contributed by atoms with Crippen LogP contribution in [0, 0.1) is 0 Å². The fourth-order valence-corrected chi connectivity index (χ4v) is 4.23. The van der Waals surface area contributed by atoms with E-state index in [1.165, 1.54) is 16.0 Å². The molecule has 2 heterocycles. The summed E-state index contributed by atoms with van der Waals surface area (Å²) in [5.41, 5.74) is 5.14. The van der Waals surface area contributed by atoms with Crippen molar-refractivity contribution in [1.29, 1.82) is 0 Å². The number of benzene rings is 2. The van der Waals surface area contributed by atoms with Gasteiger partial charge in [0.25, 0.3) is 0 Å². The summed E-state index contributed by atoms with van der Waals surface area (Å²) in [7, 11) is 0. The molecule has 1 aromatic heterocycles. The maximum absolute atomic E-state index is 12.7. The molecule has 2 aromatic carbocycles. The van der Waals surface area contributed by atoms with E-state index in [9.17, 15) is 9.59 Å². The quantitative estimate of drug-likeness (QED) is 0.733. The summed E-state index contributed by atoms with van der Waals surface area (Å²) in [5.74, 6) is -0.720. The molecular formula is C22H18N2O5. The highest BCUT2D eigenvalue weighted by Crippen LogP contribution is 2.44. The topological polar surface area (TPSA) is 92.9 Å². The number of fused-ring (bicyclic) bond motifs is 4. The monoisotopic (exact) mass is 390 g/mol. The first-order chi connectivity index (χ1) is 14.1. The molecule has 1 aliphatic carbocycles. The minimum Gasteiger partial charge on any atom is -0.476 e. The molecule has 1 aliphatic heterocycles. The van der Waals surface area contributed by atoms with Gasteiger partial charge in [-0.15, -0.1) is 0 Å². The Morgan fingerprint density at radius 2 is 1.76 bits per heavy atom. The molecule has 0 unspecified atom stereocenters. The van der Waals surface area contributed by atoms with Crippen LogP contribution in [-0.4, -0.2) is 40.4 Å². The first-order valence-corrected chi connectivity index (χ1v) is 9.44. The summed E-state index contributed by atoms with van der Waals surface area (Å²) in [6.07, 6.45) is -0.0595. The van der Waals surface area contributed by atoms with Crippen LogP contribution < -0.4 is 0 Å². The minimum atomic E-state index is -1.12. The zero-order valence-corrected chi connectivity index (χ0v) is 15.5. The Hall–Kier alpha value is -3.61. The first kappa shape index (κ1) is 17.5. The summed E-state index contributed by atoms with van der Waals surface area (Å²) in [6, 6.07) is 16.3. The van der Waals surface area contributed by atoms with Crippen LogP contribution in [0.5, 0.6) is 0 Å². The van der Waals surface area contributed by atoms with Gasteiger partial charge < -0.3 is 19.3 Å². The number of rotatable bonds is 3. The molecule has 0 fully saturated rings. The van der Waals surface area contributed by atoms with E-state index in [4.69, 9.17) is 14.4 Å².